The Bertz CT molecular complexity index is 671. The number of hydrogen-bond acceptors (Lipinski definition) is 2. The molecule has 0 heterocycles. The number of hydrogen-bond donors (Lipinski definition) is 1. The highest BCUT2D eigenvalue weighted by molar-refractivity contribution is 5.81. The van der Waals surface area contributed by atoms with E-state index in [0.29, 0.717) is 12.5 Å². The van der Waals surface area contributed by atoms with Gasteiger partial charge in [0.2, 0.25) is 0 Å². The summed E-state index contributed by atoms with van der Waals surface area (Å²) in [6.45, 7) is 15.6. The molecule has 3 nitrogen and oxygen atoms in total. The van der Waals surface area contributed by atoms with E-state index in [1.165, 1.54) is 30.4 Å². The largest absolute Gasteiger partial charge is 0.480 e. The lowest BCUT2D eigenvalue weighted by Gasteiger charge is -2.32. The first-order chi connectivity index (χ1) is 13.6. The fraction of sp³-hybridized carbons (Fsp3) is 0.731. The Morgan fingerprint density at radius 2 is 1.66 bits per heavy atom. The van der Waals surface area contributed by atoms with E-state index in [0.717, 1.165) is 31.4 Å². The first-order valence-corrected chi connectivity index (χ1v) is 11.8. The van der Waals surface area contributed by atoms with Crippen LogP contribution >= 0.6 is 0 Å². The maximum atomic E-state index is 12.9. The fourth-order valence-corrected chi connectivity index (χ4v) is 3.99. The Labute approximate surface area is 179 Å². The number of nitrogens with one attached hydrogen (secondary N) is 1. The fourth-order valence-electron chi connectivity index (χ4n) is 3.99. The third-order valence-corrected chi connectivity index (χ3v) is 7.14. The Hall–Kier alpha value is -1.51. The maximum Gasteiger partial charge on any atom is 0.261 e. The molecule has 164 valence electrons. The van der Waals surface area contributed by atoms with Gasteiger partial charge >= 0.3 is 0 Å². The smallest absolute Gasteiger partial charge is 0.261 e. The van der Waals surface area contributed by atoms with Gasteiger partial charge in [0.1, 0.15) is 5.75 Å². The minimum Gasteiger partial charge on any atom is -0.480 e. The molecule has 3 heteroatoms. The molecule has 0 radical (unpaired) electrons. The molecule has 1 unspecified atom stereocenters. The number of rotatable bonds is 9. The molecule has 2 rings (SSSR count). The van der Waals surface area contributed by atoms with Gasteiger partial charge in [-0.2, -0.15) is 0 Å². The van der Waals surface area contributed by atoms with Gasteiger partial charge in [-0.25, -0.2) is 0 Å². The van der Waals surface area contributed by atoms with Crippen LogP contribution < -0.4 is 10.1 Å². The standard InChI is InChI=1S/C26H43NO2/c1-8-22(24(28)27-20-14-12-11-13-15-20)29-23-17-16-19(25(4,5)9-2)18-21(23)26(6,7)10-3/h16-18,20,22H,8-15H2,1-7H3,(H,27,28). The van der Waals surface area contributed by atoms with Crippen LogP contribution in [-0.2, 0) is 15.6 Å². The highest BCUT2D eigenvalue weighted by atomic mass is 16.5. The van der Waals surface area contributed by atoms with E-state index in [2.05, 4.69) is 65.1 Å². The van der Waals surface area contributed by atoms with Gasteiger partial charge in [0, 0.05) is 11.6 Å². The molecule has 1 aliphatic rings. The van der Waals surface area contributed by atoms with Crippen molar-refractivity contribution >= 4 is 5.91 Å². The third-order valence-electron chi connectivity index (χ3n) is 7.14. The van der Waals surface area contributed by atoms with Gasteiger partial charge in [-0.1, -0.05) is 79.9 Å². The van der Waals surface area contributed by atoms with Crippen molar-refractivity contribution in [3.8, 4) is 5.75 Å². The van der Waals surface area contributed by atoms with Crippen LogP contribution in [0.5, 0.6) is 5.75 Å². The van der Waals surface area contributed by atoms with Crippen molar-refractivity contribution in [2.75, 3.05) is 0 Å². The van der Waals surface area contributed by atoms with Crippen molar-refractivity contribution in [3.05, 3.63) is 29.3 Å². The van der Waals surface area contributed by atoms with E-state index in [4.69, 9.17) is 4.74 Å². The average Bonchev–Trinajstić information content (AvgIpc) is 2.72. The van der Waals surface area contributed by atoms with Crippen LogP contribution in [0.1, 0.15) is 111 Å². The molecule has 1 N–H and O–H groups in total. The van der Waals surface area contributed by atoms with E-state index in [1.807, 2.05) is 6.92 Å². The lowest BCUT2D eigenvalue weighted by molar-refractivity contribution is -0.129. The lowest BCUT2D eigenvalue weighted by atomic mass is 9.76. The summed E-state index contributed by atoms with van der Waals surface area (Å²) >= 11 is 0. The highest BCUT2D eigenvalue weighted by Gasteiger charge is 2.29. The van der Waals surface area contributed by atoms with E-state index in [1.54, 1.807) is 0 Å². The topological polar surface area (TPSA) is 38.3 Å². The monoisotopic (exact) mass is 401 g/mol. The maximum absolute atomic E-state index is 12.9. The summed E-state index contributed by atoms with van der Waals surface area (Å²) < 4.78 is 6.38. The highest BCUT2D eigenvalue weighted by Crippen LogP contribution is 2.39. The Kier molecular flexibility index (Phi) is 8.19. The number of carbonyl (C=O) groups is 1. The number of amides is 1. The molecule has 0 aromatic heterocycles. The third kappa shape index (κ3) is 5.99. The number of benzene rings is 1. The van der Waals surface area contributed by atoms with Crippen LogP contribution in [-0.4, -0.2) is 18.1 Å². The van der Waals surface area contributed by atoms with Crippen molar-refractivity contribution in [2.45, 2.75) is 123 Å². The summed E-state index contributed by atoms with van der Waals surface area (Å²) in [6, 6.07) is 6.90. The van der Waals surface area contributed by atoms with E-state index < -0.39 is 6.10 Å². The molecule has 29 heavy (non-hydrogen) atoms. The summed E-state index contributed by atoms with van der Waals surface area (Å²) in [4.78, 5) is 12.9. The average molecular weight is 402 g/mol. The molecular formula is C26H43NO2. The van der Waals surface area contributed by atoms with Crippen LogP contribution in [0, 0.1) is 0 Å². The first kappa shape index (κ1) is 23.8. The zero-order valence-corrected chi connectivity index (χ0v) is 19.9. The summed E-state index contributed by atoms with van der Waals surface area (Å²) in [6.07, 6.45) is 8.24. The van der Waals surface area contributed by atoms with Gasteiger partial charge in [0.05, 0.1) is 0 Å². The molecule has 0 aliphatic heterocycles. The normalized spacial score (nSPS) is 17.1. The minimum atomic E-state index is -0.437. The molecule has 1 aromatic rings. The van der Waals surface area contributed by atoms with Crippen molar-refractivity contribution in [3.63, 3.8) is 0 Å². The number of ether oxygens (including phenoxy) is 1. The molecule has 0 bridgehead atoms. The Morgan fingerprint density at radius 3 is 2.21 bits per heavy atom. The summed E-state index contributed by atoms with van der Waals surface area (Å²) in [5, 5.41) is 3.24. The quantitative estimate of drug-likeness (QED) is 0.502. The molecule has 1 atom stereocenters. The van der Waals surface area contributed by atoms with Crippen molar-refractivity contribution in [1.29, 1.82) is 0 Å². The number of carbonyl (C=O) groups excluding carboxylic acids is 1. The molecule has 1 aromatic carbocycles. The van der Waals surface area contributed by atoms with Gasteiger partial charge in [-0.05, 0) is 54.6 Å². The molecule has 1 saturated carbocycles. The van der Waals surface area contributed by atoms with Gasteiger partial charge in [-0.15, -0.1) is 0 Å². The van der Waals surface area contributed by atoms with Gasteiger partial charge < -0.3 is 10.1 Å². The SMILES string of the molecule is CCC(Oc1ccc(C(C)(C)CC)cc1C(C)(C)CC)C(=O)NC1CCCCC1. The van der Waals surface area contributed by atoms with Gasteiger partial charge in [0.25, 0.3) is 5.91 Å². The predicted octanol–water partition coefficient (Wildman–Crippen LogP) is 6.67. The predicted molar refractivity (Wildman–Crippen MR) is 123 cm³/mol. The Morgan fingerprint density at radius 1 is 1.03 bits per heavy atom. The molecule has 0 saturated heterocycles. The second kappa shape index (κ2) is 10.00. The van der Waals surface area contributed by atoms with Crippen LogP contribution in [0.4, 0.5) is 0 Å². The van der Waals surface area contributed by atoms with Crippen LogP contribution in [0.2, 0.25) is 0 Å². The molecular weight excluding hydrogens is 358 g/mol. The van der Waals surface area contributed by atoms with Gasteiger partial charge in [-0.3, -0.25) is 4.79 Å². The van der Waals surface area contributed by atoms with E-state index >= 15 is 0 Å². The van der Waals surface area contributed by atoms with Crippen molar-refractivity contribution in [1.82, 2.24) is 5.32 Å². The lowest BCUT2D eigenvalue weighted by Crippen LogP contribution is -2.44. The first-order valence-electron chi connectivity index (χ1n) is 11.8. The van der Waals surface area contributed by atoms with Crippen LogP contribution in [0.3, 0.4) is 0 Å². The molecule has 0 spiro atoms. The zero-order chi connectivity index (χ0) is 21.7. The van der Waals surface area contributed by atoms with Crippen molar-refractivity contribution < 1.29 is 9.53 Å². The van der Waals surface area contributed by atoms with Crippen LogP contribution in [0.15, 0.2) is 18.2 Å². The Balaban J connectivity index is 2.27. The second-order valence-electron chi connectivity index (χ2n) is 10.0. The van der Waals surface area contributed by atoms with E-state index in [-0.39, 0.29) is 16.7 Å². The van der Waals surface area contributed by atoms with E-state index in [9.17, 15) is 4.79 Å². The summed E-state index contributed by atoms with van der Waals surface area (Å²) in [5.41, 5.74) is 2.67. The van der Waals surface area contributed by atoms with Gasteiger partial charge in [0.15, 0.2) is 6.10 Å². The summed E-state index contributed by atoms with van der Waals surface area (Å²) in [5.74, 6) is 0.899. The van der Waals surface area contributed by atoms with Crippen LogP contribution in [0.25, 0.3) is 0 Å². The molecule has 1 fully saturated rings. The molecule has 1 amide bonds. The minimum absolute atomic E-state index is 0.00664. The zero-order valence-electron chi connectivity index (χ0n) is 19.9. The second-order valence-corrected chi connectivity index (χ2v) is 10.0. The molecule has 1 aliphatic carbocycles. The summed E-state index contributed by atoms with van der Waals surface area (Å²) in [7, 11) is 0. The van der Waals surface area contributed by atoms with Crippen molar-refractivity contribution in [2.24, 2.45) is 0 Å².